The summed E-state index contributed by atoms with van der Waals surface area (Å²) in [6, 6.07) is 0. The zero-order chi connectivity index (χ0) is 14.6. The summed E-state index contributed by atoms with van der Waals surface area (Å²) < 4.78 is 24.1. The van der Waals surface area contributed by atoms with E-state index in [1.54, 1.807) is 4.90 Å². The summed E-state index contributed by atoms with van der Waals surface area (Å²) in [4.78, 5) is 16.3. The van der Waals surface area contributed by atoms with Crippen molar-refractivity contribution >= 4 is 15.7 Å². The SMILES string of the molecule is O=C(C1CCCCS1(=O)=O)N1CCCN(CCO)CC1. The van der Waals surface area contributed by atoms with E-state index in [9.17, 15) is 13.2 Å². The van der Waals surface area contributed by atoms with Gasteiger partial charge in [0.05, 0.1) is 12.4 Å². The Morgan fingerprint density at radius 2 is 1.90 bits per heavy atom. The van der Waals surface area contributed by atoms with Crippen LogP contribution >= 0.6 is 0 Å². The molecule has 1 amide bonds. The Morgan fingerprint density at radius 1 is 1.10 bits per heavy atom. The Kier molecular flexibility index (Phi) is 5.40. The van der Waals surface area contributed by atoms with Gasteiger partial charge in [-0.15, -0.1) is 0 Å². The molecular formula is C13H24N2O4S. The topological polar surface area (TPSA) is 77.9 Å². The van der Waals surface area contributed by atoms with Crippen LogP contribution in [0, 0.1) is 0 Å². The number of amides is 1. The number of rotatable bonds is 3. The Bertz CT molecular complexity index is 438. The fourth-order valence-electron chi connectivity index (χ4n) is 2.99. The molecule has 2 aliphatic rings. The lowest BCUT2D eigenvalue weighted by Gasteiger charge is -2.28. The summed E-state index contributed by atoms with van der Waals surface area (Å²) in [5.74, 6) is -0.0657. The van der Waals surface area contributed by atoms with E-state index < -0.39 is 15.1 Å². The predicted octanol–water partition coefficient (Wildman–Crippen LogP) is -0.520. The van der Waals surface area contributed by atoms with Crippen molar-refractivity contribution < 1.29 is 18.3 Å². The van der Waals surface area contributed by atoms with Crippen molar-refractivity contribution in [1.82, 2.24) is 9.80 Å². The number of carbonyl (C=O) groups is 1. The third kappa shape index (κ3) is 3.71. The van der Waals surface area contributed by atoms with E-state index in [1.165, 1.54) is 0 Å². The van der Waals surface area contributed by atoms with E-state index in [0.717, 1.165) is 19.4 Å². The number of hydrogen-bond donors (Lipinski definition) is 1. The molecule has 7 heteroatoms. The molecule has 6 nitrogen and oxygen atoms in total. The largest absolute Gasteiger partial charge is 0.395 e. The molecule has 2 rings (SSSR count). The average Bonchev–Trinajstić information content (AvgIpc) is 2.64. The van der Waals surface area contributed by atoms with Gasteiger partial charge in [-0.25, -0.2) is 8.42 Å². The van der Waals surface area contributed by atoms with Crippen LogP contribution in [0.25, 0.3) is 0 Å². The Balaban J connectivity index is 1.98. The number of hydrogen-bond acceptors (Lipinski definition) is 5. The third-order valence-corrected chi connectivity index (χ3v) is 6.33. The van der Waals surface area contributed by atoms with Gasteiger partial charge in [0, 0.05) is 26.2 Å². The molecule has 1 atom stereocenters. The minimum atomic E-state index is -3.25. The highest BCUT2D eigenvalue weighted by Gasteiger charge is 2.37. The molecule has 1 unspecified atom stereocenters. The molecule has 0 spiro atoms. The molecule has 20 heavy (non-hydrogen) atoms. The normalized spacial score (nSPS) is 28.1. The maximum Gasteiger partial charge on any atom is 0.240 e. The van der Waals surface area contributed by atoms with Gasteiger partial charge in [0.15, 0.2) is 9.84 Å². The Hall–Kier alpha value is -0.660. The summed E-state index contributed by atoms with van der Waals surface area (Å²) in [6.07, 6.45) is 2.80. The van der Waals surface area contributed by atoms with E-state index in [1.807, 2.05) is 0 Å². The highest BCUT2D eigenvalue weighted by Crippen LogP contribution is 2.22. The summed E-state index contributed by atoms with van der Waals surface area (Å²) >= 11 is 0. The number of aliphatic hydroxyl groups excluding tert-OH is 1. The second kappa shape index (κ2) is 6.87. The first-order valence-corrected chi connectivity index (χ1v) is 9.10. The first-order chi connectivity index (χ1) is 9.54. The van der Waals surface area contributed by atoms with Crippen LogP contribution in [-0.2, 0) is 14.6 Å². The molecule has 0 aromatic rings. The minimum Gasteiger partial charge on any atom is -0.395 e. The molecule has 0 aromatic carbocycles. The van der Waals surface area contributed by atoms with E-state index in [2.05, 4.69) is 4.90 Å². The second-order valence-electron chi connectivity index (χ2n) is 5.60. The summed E-state index contributed by atoms with van der Waals surface area (Å²) in [7, 11) is -3.25. The van der Waals surface area contributed by atoms with Crippen LogP contribution in [0.2, 0.25) is 0 Å². The van der Waals surface area contributed by atoms with Gasteiger partial charge in [0.1, 0.15) is 5.25 Å². The van der Waals surface area contributed by atoms with E-state index >= 15 is 0 Å². The first-order valence-electron chi connectivity index (χ1n) is 7.38. The fourth-order valence-corrected chi connectivity index (χ4v) is 4.86. The summed E-state index contributed by atoms with van der Waals surface area (Å²) in [5, 5.41) is 8.14. The molecule has 116 valence electrons. The van der Waals surface area contributed by atoms with Crippen LogP contribution in [0.4, 0.5) is 0 Å². The molecule has 0 radical (unpaired) electrons. The van der Waals surface area contributed by atoms with Gasteiger partial charge in [0.25, 0.3) is 0 Å². The van der Waals surface area contributed by atoms with Gasteiger partial charge < -0.3 is 10.0 Å². The van der Waals surface area contributed by atoms with Crippen LogP contribution in [0.3, 0.4) is 0 Å². The van der Waals surface area contributed by atoms with E-state index in [4.69, 9.17) is 5.11 Å². The number of carbonyl (C=O) groups excluding carboxylic acids is 1. The van der Waals surface area contributed by atoms with Crippen LogP contribution in [0.1, 0.15) is 25.7 Å². The molecule has 2 saturated heterocycles. The lowest BCUT2D eigenvalue weighted by atomic mass is 10.1. The molecule has 2 heterocycles. The van der Waals surface area contributed by atoms with Gasteiger partial charge in [-0.05, 0) is 25.8 Å². The summed E-state index contributed by atoms with van der Waals surface area (Å²) in [6.45, 7) is 3.47. The van der Waals surface area contributed by atoms with Crippen LogP contribution in [0.15, 0.2) is 0 Å². The van der Waals surface area contributed by atoms with Crippen LogP contribution in [0.5, 0.6) is 0 Å². The monoisotopic (exact) mass is 304 g/mol. The molecule has 2 aliphatic heterocycles. The highest BCUT2D eigenvalue weighted by atomic mass is 32.2. The number of β-amino-alcohol motifs (C(OH)–C–C–N with tert-alkyl or cyclic N) is 1. The van der Waals surface area contributed by atoms with Crippen molar-refractivity contribution in [1.29, 1.82) is 0 Å². The zero-order valence-corrected chi connectivity index (χ0v) is 12.6. The first kappa shape index (κ1) is 15.7. The standard InChI is InChI=1S/C13H24N2O4S/c16-10-9-14-5-3-6-15(8-7-14)13(17)12-4-1-2-11-20(12,18)19/h12,16H,1-11H2. The lowest BCUT2D eigenvalue weighted by molar-refractivity contribution is -0.130. The maximum atomic E-state index is 12.5. The Labute approximate surface area is 120 Å². The van der Waals surface area contributed by atoms with Crippen molar-refractivity contribution in [2.45, 2.75) is 30.9 Å². The molecule has 0 saturated carbocycles. The van der Waals surface area contributed by atoms with Crippen molar-refractivity contribution in [2.75, 3.05) is 45.1 Å². The van der Waals surface area contributed by atoms with Crippen LogP contribution < -0.4 is 0 Å². The van der Waals surface area contributed by atoms with Gasteiger partial charge in [0.2, 0.25) is 5.91 Å². The second-order valence-corrected chi connectivity index (χ2v) is 7.90. The van der Waals surface area contributed by atoms with Crippen LogP contribution in [-0.4, -0.2) is 79.6 Å². The number of sulfone groups is 1. The average molecular weight is 304 g/mol. The van der Waals surface area contributed by atoms with Gasteiger partial charge in [-0.1, -0.05) is 6.42 Å². The van der Waals surface area contributed by atoms with E-state index in [-0.39, 0.29) is 18.3 Å². The van der Waals surface area contributed by atoms with Crippen molar-refractivity contribution in [3.8, 4) is 0 Å². The van der Waals surface area contributed by atoms with Crippen molar-refractivity contribution in [2.24, 2.45) is 0 Å². The third-order valence-electron chi connectivity index (χ3n) is 4.17. The molecule has 2 fully saturated rings. The zero-order valence-electron chi connectivity index (χ0n) is 11.8. The smallest absolute Gasteiger partial charge is 0.240 e. The molecule has 0 bridgehead atoms. The van der Waals surface area contributed by atoms with Gasteiger partial charge in [-0.2, -0.15) is 0 Å². The molecule has 0 aromatic heterocycles. The lowest BCUT2D eigenvalue weighted by Crippen LogP contribution is -2.46. The van der Waals surface area contributed by atoms with Crippen molar-refractivity contribution in [3.05, 3.63) is 0 Å². The number of nitrogens with zero attached hydrogens (tertiary/aromatic N) is 2. The van der Waals surface area contributed by atoms with Gasteiger partial charge in [-0.3, -0.25) is 9.69 Å². The summed E-state index contributed by atoms with van der Waals surface area (Å²) in [5.41, 5.74) is 0. The number of aliphatic hydroxyl groups is 1. The van der Waals surface area contributed by atoms with Crippen molar-refractivity contribution in [3.63, 3.8) is 0 Å². The van der Waals surface area contributed by atoms with E-state index in [0.29, 0.717) is 39.0 Å². The van der Waals surface area contributed by atoms with Gasteiger partial charge >= 0.3 is 0 Å². The Morgan fingerprint density at radius 3 is 2.60 bits per heavy atom. The minimum absolute atomic E-state index is 0.116. The molecular weight excluding hydrogens is 280 g/mol. The maximum absolute atomic E-state index is 12.5. The quantitative estimate of drug-likeness (QED) is 0.759. The predicted molar refractivity (Wildman–Crippen MR) is 76.1 cm³/mol. The molecule has 1 N–H and O–H groups in total. The fraction of sp³-hybridized carbons (Fsp3) is 0.923. The highest BCUT2D eigenvalue weighted by molar-refractivity contribution is 7.92. The molecule has 0 aliphatic carbocycles.